The second kappa shape index (κ2) is 5.07. The summed E-state index contributed by atoms with van der Waals surface area (Å²) < 4.78 is 0. The van der Waals surface area contributed by atoms with Crippen LogP contribution in [0.1, 0.15) is 17.4 Å². The van der Waals surface area contributed by atoms with E-state index >= 15 is 0 Å². The lowest BCUT2D eigenvalue weighted by Crippen LogP contribution is -2.21. The fourth-order valence-electron chi connectivity index (χ4n) is 1.58. The molecule has 2 rings (SSSR count). The SMILES string of the molecule is CNC(c1ncccn1)c1cc(Cl)cnc1N. The summed E-state index contributed by atoms with van der Waals surface area (Å²) in [7, 11) is 1.81. The normalized spacial score (nSPS) is 12.4. The molecule has 2 heterocycles. The Balaban J connectivity index is 2.46. The Morgan fingerprint density at radius 3 is 2.65 bits per heavy atom. The minimum Gasteiger partial charge on any atom is -0.383 e. The Labute approximate surface area is 104 Å². The molecule has 0 aromatic carbocycles. The van der Waals surface area contributed by atoms with Crippen molar-refractivity contribution in [3.05, 3.63) is 47.1 Å². The molecular weight excluding hydrogens is 238 g/mol. The van der Waals surface area contributed by atoms with E-state index in [9.17, 15) is 0 Å². The fourth-order valence-corrected chi connectivity index (χ4v) is 1.75. The molecule has 5 nitrogen and oxygen atoms in total. The van der Waals surface area contributed by atoms with Gasteiger partial charge in [0, 0.05) is 24.2 Å². The highest BCUT2D eigenvalue weighted by Gasteiger charge is 2.18. The fraction of sp³-hybridized carbons (Fsp3) is 0.182. The van der Waals surface area contributed by atoms with Crippen LogP contribution in [0.4, 0.5) is 5.82 Å². The zero-order chi connectivity index (χ0) is 12.3. The number of nitrogen functional groups attached to an aromatic ring is 1. The van der Waals surface area contributed by atoms with Crippen molar-refractivity contribution in [3.63, 3.8) is 0 Å². The monoisotopic (exact) mass is 249 g/mol. The van der Waals surface area contributed by atoms with Crippen LogP contribution in [0, 0.1) is 0 Å². The minimum absolute atomic E-state index is 0.220. The number of halogens is 1. The van der Waals surface area contributed by atoms with Crippen molar-refractivity contribution < 1.29 is 0 Å². The van der Waals surface area contributed by atoms with Crippen LogP contribution in [0.5, 0.6) is 0 Å². The number of anilines is 1. The second-order valence-electron chi connectivity index (χ2n) is 3.46. The Kier molecular flexibility index (Phi) is 3.51. The number of pyridine rings is 1. The van der Waals surface area contributed by atoms with Gasteiger partial charge < -0.3 is 11.1 Å². The van der Waals surface area contributed by atoms with E-state index in [1.54, 1.807) is 31.6 Å². The molecular formula is C11H12ClN5. The Morgan fingerprint density at radius 1 is 1.29 bits per heavy atom. The maximum atomic E-state index is 5.92. The number of nitrogens with zero attached hydrogens (tertiary/aromatic N) is 3. The van der Waals surface area contributed by atoms with Crippen LogP contribution in [0.3, 0.4) is 0 Å². The average molecular weight is 250 g/mol. The van der Waals surface area contributed by atoms with E-state index in [1.807, 2.05) is 0 Å². The third-order valence-corrected chi connectivity index (χ3v) is 2.57. The molecule has 88 valence electrons. The van der Waals surface area contributed by atoms with Crippen molar-refractivity contribution in [1.29, 1.82) is 0 Å². The largest absolute Gasteiger partial charge is 0.383 e. The molecule has 0 aliphatic rings. The van der Waals surface area contributed by atoms with Crippen molar-refractivity contribution in [2.24, 2.45) is 0 Å². The molecule has 0 saturated heterocycles. The first kappa shape index (κ1) is 11.8. The summed E-state index contributed by atoms with van der Waals surface area (Å²) in [5.74, 6) is 1.05. The van der Waals surface area contributed by atoms with Crippen LogP contribution >= 0.6 is 11.6 Å². The molecule has 2 aromatic rings. The number of hydrogen-bond donors (Lipinski definition) is 2. The van der Waals surface area contributed by atoms with Gasteiger partial charge in [-0.3, -0.25) is 0 Å². The Bertz CT molecular complexity index is 502. The van der Waals surface area contributed by atoms with E-state index in [4.69, 9.17) is 17.3 Å². The van der Waals surface area contributed by atoms with E-state index in [2.05, 4.69) is 20.3 Å². The molecule has 6 heteroatoms. The van der Waals surface area contributed by atoms with Crippen LogP contribution in [0.25, 0.3) is 0 Å². The molecule has 0 spiro atoms. The molecule has 0 amide bonds. The van der Waals surface area contributed by atoms with Crippen molar-refractivity contribution in [2.75, 3.05) is 12.8 Å². The van der Waals surface area contributed by atoms with Crippen molar-refractivity contribution in [3.8, 4) is 0 Å². The zero-order valence-corrected chi connectivity index (χ0v) is 10.0. The number of aromatic nitrogens is 3. The lowest BCUT2D eigenvalue weighted by atomic mass is 10.1. The van der Waals surface area contributed by atoms with Crippen molar-refractivity contribution in [1.82, 2.24) is 20.3 Å². The second-order valence-corrected chi connectivity index (χ2v) is 3.89. The summed E-state index contributed by atoms with van der Waals surface area (Å²) in [5, 5.41) is 3.63. The third kappa shape index (κ3) is 2.51. The Morgan fingerprint density at radius 2 is 2.00 bits per heavy atom. The van der Waals surface area contributed by atoms with Crippen LogP contribution < -0.4 is 11.1 Å². The third-order valence-electron chi connectivity index (χ3n) is 2.36. The molecule has 3 N–H and O–H groups in total. The summed E-state index contributed by atoms with van der Waals surface area (Å²) in [4.78, 5) is 12.4. The highest BCUT2D eigenvalue weighted by atomic mass is 35.5. The molecule has 2 aromatic heterocycles. The van der Waals surface area contributed by atoms with Crippen LogP contribution in [-0.2, 0) is 0 Å². The summed E-state index contributed by atoms with van der Waals surface area (Å²) in [6.07, 6.45) is 4.88. The predicted octanol–water partition coefficient (Wildman–Crippen LogP) is 1.42. The predicted molar refractivity (Wildman–Crippen MR) is 66.6 cm³/mol. The van der Waals surface area contributed by atoms with Gasteiger partial charge >= 0.3 is 0 Å². The first-order chi connectivity index (χ1) is 8.22. The van der Waals surface area contributed by atoms with Gasteiger partial charge in [0.1, 0.15) is 11.6 Å². The van der Waals surface area contributed by atoms with Crippen molar-refractivity contribution >= 4 is 17.4 Å². The topological polar surface area (TPSA) is 76.7 Å². The molecule has 0 radical (unpaired) electrons. The number of nitrogens with one attached hydrogen (secondary N) is 1. The number of hydrogen-bond acceptors (Lipinski definition) is 5. The molecule has 0 fully saturated rings. The van der Waals surface area contributed by atoms with Gasteiger partial charge in [-0.1, -0.05) is 11.6 Å². The first-order valence-electron chi connectivity index (χ1n) is 5.07. The van der Waals surface area contributed by atoms with Gasteiger partial charge in [-0.2, -0.15) is 0 Å². The first-order valence-corrected chi connectivity index (χ1v) is 5.45. The van der Waals surface area contributed by atoms with Crippen LogP contribution in [0.15, 0.2) is 30.7 Å². The highest BCUT2D eigenvalue weighted by Crippen LogP contribution is 2.25. The standard InChI is InChI=1S/C11H12ClN5/c1-14-9(11-15-3-2-4-16-11)8-5-7(12)6-17-10(8)13/h2-6,9,14H,1H3,(H2,13,17). The quantitative estimate of drug-likeness (QED) is 0.860. The van der Waals surface area contributed by atoms with Crippen LogP contribution in [-0.4, -0.2) is 22.0 Å². The average Bonchev–Trinajstić information content (AvgIpc) is 2.36. The molecule has 0 aliphatic carbocycles. The lowest BCUT2D eigenvalue weighted by Gasteiger charge is -2.16. The van der Waals surface area contributed by atoms with E-state index in [0.717, 1.165) is 5.56 Å². The molecule has 0 aliphatic heterocycles. The lowest BCUT2D eigenvalue weighted by molar-refractivity contribution is 0.646. The summed E-state index contributed by atoms with van der Waals surface area (Å²) in [5.41, 5.74) is 6.61. The van der Waals surface area contributed by atoms with E-state index in [0.29, 0.717) is 16.7 Å². The molecule has 17 heavy (non-hydrogen) atoms. The molecule has 1 atom stereocenters. The number of rotatable bonds is 3. The maximum absolute atomic E-state index is 5.92. The van der Waals surface area contributed by atoms with Gasteiger partial charge in [0.05, 0.1) is 11.1 Å². The smallest absolute Gasteiger partial charge is 0.149 e. The summed E-state index contributed by atoms with van der Waals surface area (Å²) in [6, 6.07) is 3.31. The highest BCUT2D eigenvalue weighted by molar-refractivity contribution is 6.30. The van der Waals surface area contributed by atoms with Crippen LogP contribution in [0.2, 0.25) is 5.02 Å². The van der Waals surface area contributed by atoms with Gasteiger partial charge in [0.25, 0.3) is 0 Å². The van der Waals surface area contributed by atoms with Gasteiger partial charge in [0.2, 0.25) is 0 Å². The van der Waals surface area contributed by atoms with Gasteiger partial charge in [-0.15, -0.1) is 0 Å². The van der Waals surface area contributed by atoms with Gasteiger partial charge in [-0.25, -0.2) is 15.0 Å². The van der Waals surface area contributed by atoms with Gasteiger partial charge in [0.15, 0.2) is 0 Å². The van der Waals surface area contributed by atoms with Crippen molar-refractivity contribution in [2.45, 2.75) is 6.04 Å². The van der Waals surface area contributed by atoms with E-state index in [-0.39, 0.29) is 6.04 Å². The Hall–Kier alpha value is -1.72. The van der Waals surface area contributed by atoms with Gasteiger partial charge in [-0.05, 0) is 19.2 Å². The number of nitrogens with two attached hydrogens (primary N) is 1. The maximum Gasteiger partial charge on any atom is 0.149 e. The zero-order valence-electron chi connectivity index (χ0n) is 9.26. The molecule has 0 bridgehead atoms. The van der Waals surface area contributed by atoms with E-state index < -0.39 is 0 Å². The molecule has 1 unspecified atom stereocenters. The summed E-state index contributed by atoms with van der Waals surface area (Å²) >= 11 is 5.92. The summed E-state index contributed by atoms with van der Waals surface area (Å²) in [6.45, 7) is 0. The molecule has 0 saturated carbocycles. The minimum atomic E-state index is -0.220. The van der Waals surface area contributed by atoms with E-state index in [1.165, 1.54) is 6.20 Å².